The molecule has 3 aliphatic heterocycles. The summed E-state index contributed by atoms with van der Waals surface area (Å²) in [4.78, 5) is 45.4. The molecule has 214 valence electrons. The molecule has 3 heterocycles. The number of fused-ring (bicyclic) bond motifs is 1. The highest BCUT2D eigenvalue weighted by molar-refractivity contribution is 8.02. The lowest BCUT2D eigenvalue weighted by Gasteiger charge is -2.46. The Morgan fingerprint density at radius 3 is 2.47 bits per heavy atom. The summed E-state index contributed by atoms with van der Waals surface area (Å²) >= 11 is 1.64. The van der Waals surface area contributed by atoms with Gasteiger partial charge in [0.15, 0.2) is 0 Å². The minimum Gasteiger partial charge on any atom is -0.465 e. The lowest BCUT2D eigenvalue weighted by atomic mass is 9.66. The van der Waals surface area contributed by atoms with E-state index in [0.717, 1.165) is 32.1 Å². The maximum absolute atomic E-state index is 14.6. The highest BCUT2D eigenvalue weighted by Gasteiger charge is 2.76. The summed E-state index contributed by atoms with van der Waals surface area (Å²) in [5.41, 5.74) is -0.505. The van der Waals surface area contributed by atoms with Gasteiger partial charge in [-0.05, 0) is 57.3 Å². The number of thioether (sulfide) groups is 1. The minimum absolute atomic E-state index is 0.0192. The van der Waals surface area contributed by atoms with E-state index in [0.29, 0.717) is 13.2 Å². The van der Waals surface area contributed by atoms with Crippen LogP contribution in [0, 0.1) is 23.2 Å². The van der Waals surface area contributed by atoms with E-state index in [1.165, 1.54) is 0 Å². The van der Waals surface area contributed by atoms with Gasteiger partial charge >= 0.3 is 5.97 Å². The van der Waals surface area contributed by atoms with Crippen molar-refractivity contribution in [3.8, 4) is 0 Å². The number of nitrogens with zero attached hydrogens (tertiary/aromatic N) is 2. The van der Waals surface area contributed by atoms with Gasteiger partial charge in [-0.3, -0.25) is 14.4 Å². The average molecular weight is 549 g/mol. The number of esters is 1. The van der Waals surface area contributed by atoms with Crippen molar-refractivity contribution < 1.29 is 24.2 Å². The van der Waals surface area contributed by atoms with Crippen molar-refractivity contribution in [2.45, 2.75) is 95.2 Å². The molecular formula is C30H48N2O5S. The topological polar surface area (TPSA) is 87.1 Å². The molecule has 0 aliphatic carbocycles. The maximum atomic E-state index is 14.6. The summed E-state index contributed by atoms with van der Waals surface area (Å²) in [6.07, 6.45) is 7.62. The van der Waals surface area contributed by atoms with Crippen LogP contribution in [0.15, 0.2) is 25.3 Å². The van der Waals surface area contributed by atoms with E-state index >= 15 is 0 Å². The fourth-order valence-corrected chi connectivity index (χ4v) is 9.78. The van der Waals surface area contributed by atoms with Crippen LogP contribution in [0.3, 0.4) is 0 Å². The van der Waals surface area contributed by atoms with E-state index in [2.05, 4.69) is 54.7 Å². The summed E-state index contributed by atoms with van der Waals surface area (Å²) in [5.74, 6) is -1.80. The van der Waals surface area contributed by atoms with Gasteiger partial charge in [0.2, 0.25) is 11.8 Å². The number of hydrogen-bond acceptors (Lipinski definition) is 6. The molecule has 6 atom stereocenters. The average Bonchev–Trinajstić information content (AvgIpc) is 3.39. The normalized spacial score (nSPS) is 30.3. The number of amides is 2. The first-order chi connectivity index (χ1) is 17.8. The first-order valence-electron chi connectivity index (χ1n) is 14.1. The van der Waals surface area contributed by atoms with Gasteiger partial charge in [-0.25, -0.2) is 0 Å². The molecule has 0 aromatic rings. The number of aliphatic hydroxyl groups excluding tert-OH is 1. The number of aliphatic hydroxyl groups is 1. The Morgan fingerprint density at radius 2 is 1.89 bits per heavy atom. The molecule has 7 nitrogen and oxygen atoms in total. The number of hydrogen-bond donors (Lipinski definition) is 1. The Kier molecular flexibility index (Phi) is 9.50. The number of likely N-dealkylation sites (tertiary alicyclic amines) is 1. The maximum Gasteiger partial charge on any atom is 0.310 e. The molecule has 3 saturated heterocycles. The number of rotatable bonds is 13. The van der Waals surface area contributed by atoms with Crippen LogP contribution in [0.2, 0.25) is 0 Å². The Labute approximate surface area is 233 Å². The van der Waals surface area contributed by atoms with Crippen molar-refractivity contribution in [1.29, 1.82) is 0 Å². The fourth-order valence-electron chi connectivity index (χ4n) is 7.38. The zero-order chi connectivity index (χ0) is 28.5. The summed E-state index contributed by atoms with van der Waals surface area (Å²) in [7, 11) is 0. The Bertz CT molecular complexity index is 928. The number of allylic oxidation sites excluding steroid dienone is 1. The second kappa shape index (κ2) is 11.7. The molecule has 1 N–H and O–H groups in total. The molecule has 3 fully saturated rings. The van der Waals surface area contributed by atoms with Gasteiger partial charge < -0.3 is 19.6 Å². The smallest absolute Gasteiger partial charge is 0.310 e. The largest absolute Gasteiger partial charge is 0.465 e. The molecule has 38 heavy (non-hydrogen) atoms. The Morgan fingerprint density at radius 1 is 1.21 bits per heavy atom. The second-order valence-corrected chi connectivity index (χ2v) is 14.6. The molecule has 3 unspecified atom stereocenters. The quantitative estimate of drug-likeness (QED) is 0.208. The van der Waals surface area contributed by atoms with E-state index in [9.17, 15) is 19.5 Å². The van der Waals surface area contributed by atoms with Gasteiger partial charge in [-0.1, -0.05) is 39.8 Å². The van der Waals surface area contributed by atoms with Gasteiger partial charge in [0, 0.05) is 23.9 Å². The standard InChI is InChI=1S/C30H48N2O5S/c1-9-11-12-13-17-37-27(36)22-21-18-20(3)30(38-21)23(22)25(34)31(15-16-33)24(30)26(35)32(14-10-2)29(7,8)19-28(4,5)6/h9-10,20-24,33H,1-2,11-19H2,3-8H3/t20?,21-,22+,23+,24?,30?/m1/s1. The van der Waals surface area contributed by atoms with Crippen molar-refractivity contribution in [3.05, 3.63) is 25.3 Å². The number of β-amino-alcohol motifs (C(OH)–C–C–N with tert-alkyl or cyclic N) is 1. The van der Waals surface area contributed by atoms with Crippen molar-refractivity contribution in [1.82, 2.24) is 9.80 Å². The van der Waals surface area contributed by atoms with Crippen LogP contribution in [0.4, 0.5) is 0 Å². The highest BCUT2D eigenvalue weighted by Crippen LogP contribution is 2.68. The van der Waals surface area contributed by atoms with Gasteiger partial charge in [0.25, 0.3) is 0 Å². The molecule has 0 saturated carbocycles. The molecule has 8 heteroatoms. The molecular weight excluding hydrogens is 500 g/mol. The van der Waals surface area contributed by atoms with Crippen LogP contribution < -0.4 is 0 Å². The van der Waals surface area contributed by atoms with Crippen LogP contribution in [0.5, 0.6) is 0 Å². The zero-order valence-electron chi connectivity index (χ0n) is 24.2. The Hall–Kier alpha value is -1.80. The van der Waals surface area contributed by atoms with Crippen LogP contribution >= 0.6 is 11.8 Å². The summed E-state index contributed by atoms with van der Waals surface area (Å²) in [6.45, 7) is 20.8. The van der Waals surface area contributed by atoms with Gasteiger partial charge in [-0.2, -0.15) is 0 Å². The number of unbranched alkanes of at least 4 members (excludes halogenated alkanes) is 2. The number of carbonyl (C=O) groups excluding carboxylic acids is 3. The van der Waals surface area contributed by atoms with Crippen LogP contribution in [0.25, 0.3) is 0 Å². The van der Waals surface area contributed by atoms with E-state index in [1.54, 1.807) is 22.7 Å². The molecule has 0 aromatic carbocycles. The predicted octanol–water partition coefficient (Wildman–Crippen LogP) is 4.44. The molecule has 3 aliphatic rings. The summed E-state index contributed by atoms with van der Waals surface area (Å²) < 4.78 is 4.96. The lowest BCUT2D eigenvalue weighted by molar-refractivity contribution is -0.154. The van der Waals surface area contributed by atoms with E-state index in [-0.39, 0.29) is 47.5 Å². The third-order valence-corrected chi connectivity index (χ3v) is 10.5. The zero-order valence-corrected chi connectivity index (χ0v) is 25.0. The van der Waals surface area contributed by atoms with Crippen molar-refractivity contribution in [2.24, 2.45) is 23.2 Å². The molecule has 3 rings (SSSR count). The van der Waals surface area contributed by atoms with E-state index in [1.807, 2.05) is 11.0 Å². The van der Waals surface area contributed by atoms with Gasteiger partial charge in [0.1, 0.15) is 6.04 Å². The van der Waals surface area contributed by atoms with Gasteiger partial charge in [-0.15, -0.1) is 24.9 Å². The van der Waals surface area contributed by atoms with E-state index in [4.69, 9.17) is 4.74 Å². The highest BCUT2D eigenvalue weighted by atomic mass is 32.2. The van der Waals surface area contributed by atoms with Crippen molar-refractivity contribution in [2.75, 3.05) is 26.3 Å². The Balaban J connectivity index is 1.98. The summed E-state index contributed by atoms with van der Waals surface area (Å²) in [5, 5.41) is 9.86. The second-order valence-electron chi connectivity index (χ2n) is 13.0. The lowest BCUT2D eigenvalue weighted by Crippen LogP contribution is -2.61. The first-order valence-corrected chi connectivity index (χ1v) is 14.9. The molecule has 2 bridgehead atoms. The van der Waals surface area contributed by atoms with Crippen LogP contribution in [-0.2, 0) is 19.1 Å². The van der Waals surface area contributed by atoms with E-state index < -0.39 is 28.2 Å². The number of carbonyl (C=O) groups is 3. The van der Waals surface area contributed by atoms with Gasteiger partial charge in [0.05, 0.1) is 29.8 Å². The predicted molar refractivity (Wildman–Crippen MR) is 153 cm³/mol. The summed E-state index contributed by atoms with van der Waals surface area (Å²) in [6, 6.07) is -0.748. The van der Waals surface area contributed by atoms with Crippen molar-refractivity contribution >= 4 is 29.5 Å². The third-order valence-electron chi connectivity index (χ3n) is 8.41. The van der Waals surface area contributed by atoms with Crippen LogP contribution in [-0.4, -0.2) is 80.6 Å². The third kappa shape index (κ3) is 5.58. The molecule has 1 spiro atoms. The molecule has 2 amide bonds. The van der Waals surface area contributed by atoms with Crippen LogP contribution in [0.1, 0.15) is 73.6 Å². The number of ether oxygens (including phenoxy) is 1. The fraction of sp³-hybridized carbons (Fsp3) is 0.767. The molecule has 0 aromatic heterocycles. The first kappa shape index (κ1) is 30.7. The SMILES string of the molecule is C=CCCCCOC(=O)[C@@H]1[C@H]2C(=O)N(CCO)C(C(=O)N(CC=C)C(C)(C)CC(C)(C)C)C23S[C@@H]1CC3C. The minimum atomic E-state index is -0.748. The molecule has 0 radical (unpaired) electrons. The van der Waals surface area contributed by atoms with Crippen molar-refractivity contribution in [3.63, 3.8) is 0 Å². The monoisotopic (exact) mass is 548 g/mol.